The van der Waals surface area contributed by atoms with Crippen molar-refractivity contribution in [1.82, 2.24) is 13.2 Å². The first-order chi connectivity index (χ1) is 14.7. The molecule has 0 N–H and O–H groups in total. The molecule has 1 aromatic heterocycles. The number of hydrogen-bond acceptors (Lipinski definition) is 6. The zero-order valence-electron chi connectivity index (χ0n) is 17.0. The van der Waals surface area contributed by atoms with E-state index in [1.54, 1.807) is 30.3 Å². The third-order valence-corrected chi connectivity index (χ3v) is 8.52. The molecule has 31 heavy (non-hydrogen) atoms. The summed E-state index contributed by atoms with van der Waals surface area (Å²) in [6.45, 7) is 2.74. The molecule has 0 bridgehead atoms. The SMILES string of the molecule is CS(=O)(=O)N1CCN(Cc2ccc3c(c2)cc(C=O)n3S(=O)(=O)c2ccccc2)CC1. The predicted octanol–water partition coefficient (Wildman–Crippen LogP) is 1.77. The molecule has 0 amide bonds. The van der Waals surface area contributed by atoms with Gasteiger partial charge in [0.1, 0.15) is 0 Å². The van der Waals surface area contributed by atoms with Crippen molar-refractivity contribution in [2.75, 3.05) is 32.4 Å². The molecule has 8 nitrogen and oxygen atoms in total. The second-order valence-corrected chi connectivity index (χ2v) is 11.4. The number of carbonyl (C=O) groups is 1. The number of benzene rings is 2. The normalized spacial score (nSPS) is 16.5. The summed E-state index contributed by atoms with van der Waals surface area (Å²) in [5.74, 6) is 0. The summed E-state index contributed by atoms with van der Waals surface area (Å²) < 4.78 is 52.2. The second-order valence-electron chi connectivity index (χ2n) is 7.60. The molecule has 1 aliphatic heterocycles. The molecule has 10 heteroatoms. The molecular weight excluding hydrogens is 438 g/mol. The number of aromatic nitrogens is 1. The average molecular weight is 462 g/mol. The van der Waals surface area contributed by atoms with Crippen LogP contribution in [0.4, 0.5) is 0 Å². The predicted molar refractivity (Wildman–Crippen MR) is 118 cm³/mol. The zero-order chi connectivity index (χ0) is 22.2. The first kappa shape index (κ1) is 21.7. The van der Waals surface area contributed by atoms with Gasteiger partial charge in [0.2, 0.25) is 10.0 Å². The van der Waals surface area contributed by atoms with Crippen LogP contribution in [0.1, 0.15) is 16.1 Å². The quantitative estimate of drug-likeness (QED) is 0.519. The van der Waals surface area contributed by atoms with E-state index in [-0.39, 0.29) is 10.6 Å². The fraction of sp³-hybridized carbons (Fsp3) is 0.286. The topological polar surface area (TPSA) is 96.8 Å². The highest BCUT2D eigenvalue weighted by atomic mass is 32.2. The van der Waals surface area contributed by atoms with Crippen LogP contribution >= 0.6 is 0 Å². The van der Waals surface area contributed by atoms with E-state index in [1.165, 1.54) is 22.7 Å². The van der Waals surface area contributed by atoms with E-state index in [9.17, 15) is 21.6 Å². The van der Waals surface area contributed by atoms with Gasteiger partial charge in [-0.25, -0.2) is 20.8 Å². The van der Waals surface area contributed by atoms with Crippen LogP contribution in [0.25, 0.3) is 10.9 Å². The van der Waals surface area contributed by atoms with Gasteiger partial charge in [-0.1, -0.05) is 24.3 Å². The Bertz CT molecular complexity index is 1320. The summed E-state index contributed by atoms with van der Waals surface area (Å²) in [5, 5.41) is 0.661. The van der Waals surface area contributed by atoms with E-state index < -0.39 is 20.0 Å². The number of fused-ring (bicyclic) bond motifs is 1. The smallest absolute Gasteiger partial charge is 0.268 e. The summed E-state index contributed by atoms with van der Waals surface area (Å²) in [6, 6.07) is 15.0. The molecule has 1 aliphatic rings. The van der Waals surface area contributed by atoms with Gasteiger partial charge in [0.15, 0.2) is 6.29 Å². The second kappa shape index (κ2) is 8.19. The Morgan fingerprint density at radius 2 is 1.58 bits per heavy atom. The lowest BCUT2D eigenvalue weighted by atomic mass is 10.1. The van der Waals surface area contributed by atoms with E-state index in [2.05, 4.69) is 4.90 Å². The number of carbonyl (C=O) groups excluding carboxylic acids is 1. The van der Waals surface area contributed by atoms with Gasteiger partial charge in [0, 0.05) is 38.1 Å². The Hall–Kier alpha value is -2.53. The molecule has 1 saturated heterocycles. The maximum Gasteiger partial charge on any atom is 0.268 e. The molecule has 0 radical (unpaired) electrons. The maximum absolute atomic E-state index is 13.1. The average Bonchev–Trinajstić information content (AvgIpc) is 3.13. The Kier molecular flexibility index (Phi) is 5.73. The highest BCUT2D eigenvalue weighted by molar-refractivity contribution is 7.90. The number of piperazine rings is 1. The molecule has 0 unspecified atom stereocenters. The van der Waals surface area contributed by atoms with Crippen LogP contribution in [-0.2, 0) is 26.6 Å². The minimum atomic E-state index is -3.91. The highest BCUT2D eigenvalue weighted by Gasteiger charge is 2.25. The van der Waals surface area contributed by atoms with Gasteiger partial charge in [0.05, 0.1) is 22.4 Å². The Balaban J connectivity index is 1.62. The van der Waals surface area contributed by atoms with Gasteiger partial charge < -0.3 is 0 Å². The molecule has 0 atom stereocenters. The molecular formula is C21H23N3O5S2. The number of nitrogens with zero attached hydrogens (tertiary/aromatic N) is 3. The lowest BCUT2D eigenvalue weighted by Crippen LogP contribution is -2.47. The number of hydrogen-bond donors (Lipinski definition) is 0. The molecule has 0 saturated carbocycles. The molecule has 0 spiro atoms. The maximum atomic E-state index is 13.1. The molecule has 164 valence electrons. The van der Waals surface area contributed by atoms with Crippen molar-refractivity contribution < 1.29 is 21.6 Å². The minimum Gasteiger partial charge on any atom is -0.296 e. The lowest BCUT2D eigenvalue weighted by Gasteiger charge is -2.33. The van der Waals surface area contributed by atoms with E-state index in [4.69, 9.17) is 0 Å². The zero-order valence-corrected chi connectivity index (χ0v) is 18.6. The van der Waals surface area contributed by atoms with Crippen LogP contribution < -0.4 is 0 Å². The summed E-state index contributed by atoms with van der Waals surface area (Å²) >= 11 is 0. The number of aldehydes is 1. The number of sulfonamides is 1. The van der Waals surface area contributed by atoms with Gasteiger partial charge in [-0.15, -0.1) is 0 Å². The standard InChI is InChI=1S/C21H23N3O5S2/c1-30(26,27)23-11-9-22(10-12-23)15-17-7-8-21-18(13-17)14-19(16-25)24(21)31(28,29)20-5-3-2-4-6-20/h2-8,13-14,16H,9-12,15H2,1H3. The van der Waals surface area contributed by atoms with Gasteiger partial charge >= 0.3 is 0 Å². The molecule has 1 fully saturated rings. The van der Waals surface area contributed by atoms with Crippen molar-refractivity contribution in [2.45, 2.75) is 11.4 Å². The van der Waals surface area contributed by atoms with Gasteiger partial charge in [0.25, 0.3) is 10.0 Å². The Labute approximate surface area is 181 Å². The first-order valence-electron chi connectivity index (χ1n) is 9.78. The van der Waals surface area contributed by atoms with Crippen LogP contribution in [0.2, 0.25) is 0 Å². The summed E-state index contributed by atoms with van der Waals surface area (Å²) in [7, 11) is -7.09. The van der Waals surface area contributed by atoms with Crippen LogP contribution in [0.15, 0.2) is 59.5 Å². The van der Waals surface area contributed by atoms with E-state index in [1.807, 2.05) is 12.1 Å². The number of rotatable bonds is 6. The summed E-state index contributed by atoms with van der Waals surface area (Å²) in [6.07, 6.45) is 1.76. The Morgan fingerprint density at radius 3 is 2.19 bits per heavy atom. The van der Waals surface area contributed by atoms with Crippen LogP contribution in [0, 0.1) is 0 Å². The van der Waals surface area contributed by atoms with E-state index >= 15 is 0 Å². The van der Waals surface area contributed by atoms with Crippen LogP contribution in [-0.4, -0.2) is 68.7 Å². The van der Waals surface area contributed by atoms with Crippen molar-refractivity contribution in [1.29, 1.82) is 0 Å². The monoisotopic (exact) mass is 461 g/mol. The first-order valence-corrected chi connectivity index (χ1v) is 13.1. The van der Waals surface area contributed by atoms with Gasteiger partial charge in [-0.3, -0.25) is 9.69 Å². The third kappa shape index (κ3) is 4.29. The van der Waals surface area contributed by atoms with Gasteiger partial charge in [-0.05, 0) is 35.9 Å². The van der Waals surface area contributed by atoms with E-state index in [0.29, 0.717) is 49.9 Å². The molecule has 2 aromatic carbocycles. The Morgan fingerprint density at radius 1 is 0.903 bits per heavy atom. The fourth-order valence-electron chi connectivity index (χ4n) is 3.89. The third-order valence-electron chi connectivity index (χ3n) is 5.46. The minimum absolute atomic E-state index is 0.0674. The van der Waals surface area contributed by atoms with Crippen molar-refractivity contribution in [3.63, 3.8) is 0 Å². The summed E-state index contributed by atoms with van der Waals surface area (Å²) in [4.78, 5) is 13.9. The van der Waals surface area contributed by atoms with Crippen molar-refractivity contribution in [3.05, 3.63) is 65.9 Å². The molecule has 4 rings (SSSR count). The molecule has 3 aromatic rings. The van der Waals surface area contributed by atoms with Gasteiger partial charge in [-0.2, -0.15) is 4.31 Å². The van der Waals surface area contributed by atoms with Crippen molar-refractivity contribution >= 4 is 37.2 Å². The largest absolute Gasteiger partial charge is 0.296 e. The molecule has 2 heterocycles. The highest BCUT2D eigenvalue weighted by Crippen LogP contribution is 2.26. The van der Waals surface area contributed by atoms with E-state index in [0.717, 1.165) is 9.54 Å². The van der Waals surface area contributed by atoms with Crippen molar-refractivity contribution in [3.8, 4) is 0 Å². The van der Waals surface area contributed by atoms with Crippen LogP contribution in [0.5, 0.6) is 0 Å². The van der Waals surface area contributed by atoms with Crippen molar-refractivity contribution in [2.24, 2.45) is 0 Å². The fourth-order valence-corrected chi connectivity index (χ4v) is 6.22. The summed E-state index contributed by atoms with van der Waals surface area (Å²) in [5.41, 5.74) is 1.47. The molecule has 0 aliphatic carbocycles. The van der Waals surface area contributed by atoms with Crippen LogP contribution in [0.3, 0.4) is 0 Å². The lowest BCUT2D eigenvalue weighted by molar-refractivity contribution is 0.111.